The molecule has 0 saturated heterocycles. The molecule has 0 aliphatic heterocycles. The van der Waals surface area contributed by atoms with E-state index in [4.69, 9.17) is 5.73 Å². The maximum absolute atomic E-state index is 12.4. The van der Waals surface area contributed by atoms with Gasteiger partial charge in [0.1, 0.15) is 5.69 Å². The molecule has 0 bridgehead atoms. The molecule has 82 valence electrons. The van der Waals surface area contributed by atoms with Gasteiger partial charge in [0, 0.05) is 6.54 Å². The fourth-order valence-electron chi connectivity index (χ4n) is 1.15. The van der Waals surface area contributed by atoms with Gasteiger partial charge >= 0.3 is 6.18 Å². The van der Waals surface area contributed by atoms with Gasteiger partial charge in [0.15, 0.2) is 0 Å². The monoisotopic (exact) mass is 218 g/mol. The van der Waals surface area contributed by atoms with Crippen molar-refractivity contribution in [2.45, 2.75) is 12.7 Å². The Balaban J connectivity index is 3.47. The minimum Gasteiger partial charge on any atom is -0.394 e. The van der Waals surface area contributed by atoms with E-state index in [0.717, 1.165) is 12.1 Å². The lowest BCUT2D eigenvalue weighted by Gasteiger charge is -2.14. The lowest BCUT2D eigenvalue weighted by atomic mass is 10.3. The molecular formula is C9H9F3N2O. The average molecular weight is 218 g/mol. The highest BCUT2D eigenvalue weighted by atomic mass is 19.4. The average Bonchev–Trinajstić information content (AvgIpc) is 2.11. The number of hydrogen-bond donors (Lipinski definition) is 1. The van der Waals surface area contributed by atoms with Crippen LogP contribution in [-0.4, -0.2) is 4.57 Å². The minimum atomic E-state index is -4.57. The van der Waals surface area contributed by atoms with Gasteiger partial charge in [0.05, 0.1) is 5.69 Å². The third-order valence-corrected chi connectivity index (χ3v) is 1.81. The van der Waals surface area contributed by atoms with Crippen LogP contribution in [0.2, 0.25) is 0 Å². The fraction of sp³-hybridized carbons (Fsp3) is 0.222. The number of nitrogens with two attached hydrogens (primary N) is 1. The van der Waals surface area contributed by atoms with Gasteiger partial charge in [-0.15, -0.1) is 6.58 Å². The fourth-order valence-corrected chi connectivity index (χ4v) is 1.15. The minimum absolute atomic E-state index is 0.218. The third-order valence-electron chi connectivity index (χ3n) is 1.81. The molecule has 1 heterocycles. The zero-order valence-corrected chi connectivity index (χ0v) is 7.71. The Morgan fingerprint density at radius 2 is 2.07 bits per heavy atom. The van der Waals surface area contributed by atoms with Crippen LogP contribution in [0.3, 0.4) is 0 Å². The lowest BCUT2D eigenvalue weighted by Crippen LogP contribution is -2.29. The highest BCUT2D eigenvalue weighted by Crippen LogP contribution is 2.28. The van der Waals surface area contributed by atoms with Crippen LogP contribution < -0.4 is 11.3 Å². The summed E-state index contributed by atoms with van der Waals surface area (Å²) in [5.41, 5.74) is 3.13. The number of anilines is 1. The SMILES string of the molecule is C=CCn1c(C(F)(F)F)ccc(N)c1=O. The molecule has 0 aromatic carbocycles. The molecule has 0 unspecified atom stereocenters. The molecular weight excluding hydrogens is 209 g/mol. The largest absolute Gasteiger partial charge is 0.431 e. The van der Waals surface area contributed by atoms with Gasteiger partial charge in [0.2, 0.25) is 0 Å². The number of pyridine rings is 1. The molecule has 6 heteroatoms. The molecule has 1 aromatic heterocycles. The number of halogens is 3. The molecule has 1 rings (SSSR count). The first-order chi connectivity index (χ1) is 6.88. The van der Waals surface area contributed by atoms with Crippen LogP contribution in [0.5, 0.6) is 0 Å². The Kier molecular flexibility index (Phi) is 2.88. The second-order valence-electron chi connectivity index (χ2n) is 2.88. The Hall–Kier alpha value is -1.72. The maximum Gasteiger partial charge on any atom is 0.431 e. The summed E-state index contributed by atoms with van der Waals surface area (Å²) in [5.74, 6) is 0. The molecule has 0 radical (unpaired) electrons. The molecule has 0 atom stereocenters. The van der Waals surface area contributed by atoms with Gasteiger partial charge in [0.25, 0.3) is 5.56 Å². The predicted octanol–water partition coefficient (Wildman–Crippen LogP) is 1.64. The molecule has 1 aromatic rings. The van der Waals surface area contributed by atoms with Crippen LogP contribution >= 0.6 is 0 Å². The highest BCUT2D eigenvalue weighted by molar-refractivity contribution is 5.36. The van der Waals surface area contributed by atoms with Crippen LogP contribution in [0.15, 0.2) is 29.6 Å². The van der Waals surface area contributed by atoms with Gasteiger partial charge < -0.3 is 5.73 Å². The molecule has 0 spiro atoms. The van der Waals surface area contributed by atoms with Crippen molar-refractivity contribution < 1.29 is 13.2 Å². The van der Waals surface area contributed by atoms with Crippen LogP contribution in [0.1, 0.15) is 5.69 Å². The molecule has 15 heavy (non-hydrogen) atoms. The van der Waals surface area contributed by atoms with E-state index in [1.165, 1.54) is 6.08 Å². The smallest absolute Gasteiger partial charge is 0.394 e. The van der Waals surface area contributed by atoms with Crippen molar-refractivity contribution in [3.8, 4) is 0 Å². The van der Waals surface area contributed by atoms with E-state index in [-0.39, 0.29) is 12.2 Å². The van der Waals surface area contributed by atoms with Crippen molar-refractivity contribution in [2.24, 2.45) is 0 Å². The Morgan fingerprint density at radius 3 is 2.53 bits per heavy atom. The molecule has 0 amide bonds. The number of allylic oxidation sites excluding steroid dienone is 1. The summed E-state index contributed by atoms with van der Waals surface area (Å²) in [6, 6.07) is 1.73. The van der Waals surface area contributed by atoms with E-state index in [2.05, 4.69) is 6.58 Å². The van der Waals surface area contributed by atoms with Crippen molar-refractivity contribution in [1.82, 2.24) is 4.57 Å². The van der Waals surface area contributed by atoms with Gasteiger partial charge in [-0.25, -0.2) is 0 Å². The number of rotatable bonds is 2. The van der Waals surface area contributed by atoms with Gasteiger partial charge in [-0.3, -0.25) is 9.36 Å². The van der Waals surface area contributed by atoms with Crippen molar-refractivity contribution >= 4 is 5.69 Å². The molecule has 0 aliphatic rings. The van der Waals surface area contributed by atoms with Crippen molar-refractivity contribution in [1.29, 1.82) is 0 Å². The zero-order chi connectivity index (χ0) is 11.6. The van der Waals surface area contributed by atoms with Crippen LogP contribution in [0.4, 0.5) is 18.9 Å². The van der Waals surface area contributed by atoms with Crippen LogP contribution in [-0.2, 0) is 12.7 Å². The van der Waals surface area contributed by atoms with E-state index in [1.807, 2.05) is 0 Å². The highest BCUT2D eigenvalue weighted by Gasteiger charge is 2.34. The topological polar surface area (TPSA) is 48.0 Å². The summed E-state index contributed by atoms with van der Waals surface area (Å²) in [6.07, 6.45) is -3.37. The Morgan fingerprint density at radius 1 is 1.47 bits per heavy atom. The molecule has 0 saturated carbocycles. The van der Waals surface area contributed by atoms with E-state index in [1.54, 1.807) is 0 Å². The van der Waals surface area contributed by atoms with Crippen LogP contribution in [0.25, 0.3) is 0 Å². The first-order valence-corrected chi connectivity index (χ1v) is 4.05. The second kappa shape index (κ2) is 3.80. The standard InChI is InChI=1S/C9H9F3N2O/c1-2-5-14-7(9(10,11)12)4-3-6(13)8(14)15/h2-4H,1,5,13H2. The van der Waals surface area contributed by atoms with E-state index < -0.39 is 17.4 Å². The number of hydrogen-bond acceptors (Lipinski definition) is 2. The summed E-state index contributed by atoms with van der Waals surface area (Å²) in [4.78, 5) is 11.3. The summed E-state index contributed by atoms with van der Waals surface area (Å²) in [7, 11) is 0. The van der Waals surface area contributed by atoms with E-state index >= 15 is 0 Å². The quantitative estimate of drug-likeness (QED) is 0.767. The summed E-state index contributed by atoms with van der Waals surface area (Å²) >= 11 is 0. The third kappa shape index (κ3) is 2.20. The second-order valence-corrected chi connectivity index (χ2v) is 2.88. The van der Waals surface area contributed by atoms with Crippen LogP contribution in [0, 0.1) is 0 Å². The molecule has 2 N–H and O–H groups in total. The van der Waals surface area contributed by atoms with Crippen molar-refractivity contribution in [3.05, 3.63) is 40.8 Å². The summed E-state index contributed by atoms with van der Waals surface area (Å²) in [5, 5.41) is 0. The van der Waals surface area contributed by atoms with E-state index in [0.29, 0.717) is 4.57 Å². The number of nitrogen functional groups attached to an aromatic ring is 1. The maximum atomic E-state index is 12.4. The van der Waals surface area contributed by atoms with Crippen molar-refractivity contribution in [2.75, 3.05) is 5.73 Å². The molecule has 3 nitrogen and oxygen atoms in total. The van der Waals surface area contributed by atoms with Gasteiger partial charge in [-0.2, -0.15) is 13.2 Å². The Labute approximate surface area is 83.6 Å². The van der Waals surface area contributed by atoms with Gasteiger partial charge in [-0.1, -0.05) is 6.08 Å². The number of alkyl halides is 3. The molecule has 0 aliphatic carbocycles. The normalized spacial score (nSPS) is 11.4. The number of aromatic nitrogens is 1. The first kappa shape index (κ1) is 11.4. The number of nitrogens with zero attached hydrogens (tertiary/aromatic N) is 1. The molecule has 0 fully saturated rings. The van der Waals surface area contributed by atoms with Crippen molar-refractivity contribution in [3.63, 3.8) is 0 Å². The van der Waals surface area contributed by atoms with Gasteiger partial charge in [-0.05, 0) is 12.1 Å². The van der Waals surface area contributed by atoms with E-state index in [9.17, 15) is 18.0 Å². The lowest BCUT2D eigenvalue weighted by molar-refractivity contribution is -0.144. The zero-order valence-electron chi connectivity index (χ0n) is 7.71. The Bertz CT molecular complexity index is 434. The predicted molar refractivity (Wildman–Crippen MR) is 50.3 cm³/mol. The first-order valence-electron chi connectivity index (χ1n) is 4.05. The summed E-state index contributed by atoms with van der Waals surface area (Å²) < 4.78 is 37.9. The summed E-state index contributed by atoms with van der Waals surface area (Å²) in [6.45, 7) is 3.06.